The molecule has 3 N–H and O–H groups in total. The quantitative estimate of drug-likeness (QED) is 0.848. The van der Waals surface area contributed by atoms with Crippen LogP contribution in [0.15, 0.2) is 24.3 Å². The molecule has 0 radical (unpaired) electrons. The Labute approximate surface area is 114 Å². The van der Waals surface area contributed by atoms with Gasteiger partial charge in [0.25, 0.3) is 0 Å². The predicted molar refractivity (Wildman–Crippen MR) is 74.9 cm³/mol. The van der Waals surface area contributed by atoms with E-state index in [9.17, 15) is 9.90 Å². The summed E-state index contributed by atoms with van der Waals surface area (Å²) in [6.07, 6.45) is 0.809. The number of aromatic hydroxyl groups is 1. The molecule has 2 rings (SSSR count). The topological polar surface area (TPSA) is 66.6 Å². The maximum atomic E-state index is 12.6. The van der Waals surface area contributed by atoms with E-state index in [1.165, 1.54) is 0 Å². The van der Waals surface area contributed by atoms with Gasteiger partial charge in [0.1, 0.15) is 5.75 Å². The van der Waals surface area contributed by atoms with Crippen LogP contribution >= 0.6 is 0 Å². The minimum absolute atomic E-state index is 0.165. The molecular formula is C15H22N2O2. The van der Waals surface area contributed by atoms with E-state index in [1.54, 1.807) is 12.1 Å². The number of phenolic OH excluding ortho intramolecular Hbond substituents is 1. The number of phenols is 1. The molecule has 0 heterocycles. The molecule has 1 aliphatic rings. The Kier molecular flexibility index (Phi) is 3.80. The van der Waals surface area contributed by atoms with Gasteiger partial charge < -0.3 is 15.7 Å². The van der Waals surface area contributed by atoms with Crippen LogP contribution in [-0.2, 0) is 4.79 Å². The smallest absolute Gasteiger partial charge is 0.230 e. The average Bonchev–Trinajstić information content (AvgIpc) is 3.17. The number of rotatable bonds is 5. The number of hydrogen-bond acceptors (Lipinski definition) is 3. The van der Waals surface area contributed by atoms with Crippen LogP contribution in [0.5, 0.6) is 5.75 Å². The number of carbonyl (C=O) groups excluding carboxylic acids is 1. The van der Waals surface area contributed by atoms with Crippen molar-refractivity contribution in [2.24, 2.45) is 11.1 Å². The van der Waals surface area contributed by atoms with Crippen molar-refractivity contribution in [3.63, 3.8) is 0 Å². The first kappa shape index (κ1) is 13.9. The van der Waals surface area contributed by atoms with E-state index in [2.05, 4.69) is 0 Å². The van der Waals surface area contributed by atoms with Crippen LogP contribution in [0.25, 0.3) is 0 Å². The molecular weight excluding hydrogens is 240 g/mol. The van der Waals surface area contributed by atoms with Crippen LogP contribution in [0.2, 0.25) is 0 Å². The largest absolute Gasteiger partial charge is 0.508 e. The molecule has 2 unspecified atom stereocenters. The molecule has 0 aliphatic heterocycles. The van der Waals surface area contributed by atoms with E-state index in [-0.39, 0.29) is 17.6 Å². The van der Waals surface area contributed by atoms with E-state index < -0.39 is 5.41 Å². The van der Waals surface area contributed by atoms with Gasteiger partial charge in [-0.15, -0.1) is 0 Å². The number of amides is 1. The lowest BCUT2D eigenvalue weighted by atomic mass is 9.97. The van der Waals surface area contributed by atoms with Crippen molar-refractivity contribution in [1.82, 2.24) is 4.90 Å². The summed E-state index contributed by atoms with van der Waals surface area (Å²) in [6, 6.07) is 7.09. The molecule has 104 valence electrons. The Morgan fingerprint density at radius 2 is 1.95 bits per heavy atom. The minimum atomic E-state index is -0.428. The summed E-state index contributed by atoms with van der Waals surface area (Å²) in [6.45, 7) is 5.81. The fourth-order valence-electron chi connectivity index (χ4n) is 2.82. The Morgan fingerprint density at radius 3 is 2.42 bits per heavy atom. The van der Waals surface area contributed by atoms with Gasteiger partial charge in [0.2, 0.25) is 5.91 Å². The maximum absolute atomic E-state index is 12.6. The second-order valence-corrected chi connectivity index (χ2v) is 5.19. The van der Waals surface area contributed by atoms with Gasteiger partial charge in [-0.25, -0.2) is 0 Å². The van der Waals surface area contributed by atoms with Crippen molar-refractivity contribution in [2.45, 2.75) is 26.2 Å². The monoisotopic (exact) mass is 262 g/mol. The molecule has 4 heteroatoms. The highest BCUT2D eigenvalue weighted by Crippen LogP contribution is 2.59. The summed E-state index contributed by atoms with van der Waals surface area (Å²) >= 11 is 0. The molecule has 0 aromatic heterocycles. The van der Waals surface area contributed by atoms with Gasteiger partial charge in [-0.1, -0.05) is 12.1 Å². The summed E-state index contributed by atoms with van der Waals surface area (Å²) in [7, 11) is 0. The molecule has 0 bridgehead atoms. The number of nitrogens with two attached hydrogens (primary N) is 1. The highest BCUT2D eigenvalue weighted by Gasteiger charge is 2.60. The minimum Gasteiger partial charge on any atom is -0.508 e. The summed E-state index contributed by atoms with van der Waals surface area (Å²) < 4.78 is 0. The van der Waals surface area contributed by atoms with Crippen molar-refractivity contribution < 1.29 is 9.90 Å². The fraction of sp³-hybridized carbons (Fsp3) is 0.533. The van der Waals surface area contributed by atoms with Crippen LogP contribution in [0.1, 0.15) is 31.7 Å². The average molecular weight is 262 g/mol. The van der Waals surface area contributed by atoms with E-state index in [0.29, 0.717) is 6.54 Å². The highest BCUT2D eigenvalue weighted by atomic mass is 16.3. The Hall–Kier alpha value is -1.55. The van der Waals surface area contributed by atoms with Gasteiger partial charge in [0, 0.05) is 25.6 Å². The van der Waals surface area contributed by atoms with Gasteiger partial charge >= 0.3 is 0 Å². The third kappa shape index (κ3) is 2.32. The van der Waals surface area contributed by atoms with E-state index in [4.69, 9.17) is 5.73 Å². The first-order chi connectivity index (χ1) is 9.08. The molecule has 0 spiro atoms. The Balaban J connectivity index is 2.19. The number of carbonyl (C=O) groups is 1. The van der Waals surface area contributed by atoms with E-state index >= 15 is 0 Å². The molecule has 2 atom stereocenters. The maximum Gasteiger partial charge on any atom is 0.230 e. The van der Waals surface area contributed by atoms with E-state index in [1.807, 2.05) is 30.9 Å². The van der Waals surface area contributed by atoms with Gasteiger partial charge in [-0.2, -0.15) is 0 Å². The van der Waals surface area contributed by atoms with Crippen molar-refractivity contribution in [1.29, 1.82) is 0 Å². The van der Waals surface area contributed by atoms with Crippen LogP contribution in [0.3, 0.4) is 0 Å². The van der Waals surface area contributed by atoms with E-state index in [0.717, 1.165) is 25.1 Å². The third-order valence-corrected chi connectivity index (χ3v) is 4.21. The first-order valence-electron chi connectivity index (χ1n) is 6.87. The number of hydrogen-bond donors (Lipinski definition) is 2. The van der Waals surface area contributed by atoms with Gasteiger partial charge in [-0.3, -0.25) is 4.79 Å². The molecule has 1 fully saturated rings. The molecule has 1 aromatic carbocycles. The van der Waals surface area contributed by atoms with Crippen LogP contribution in [-0.4, -0.2) is 35.5 Å². The Bertz CT molecular complexity index is 454. The molecule has 4 nitrogen and oxygen atoms in total. The van der Waals surface area contributed by atoms with Crippen molar-refractivity contribution >= 4 is 5.91 Å². The standard InChI is InChI=1S/C15H22N2O2/c1-3-17(4-2)14(19)15(10-16)9-13(15)11-5-7-12(18)8-6-11/h5-8,13,18H,3-4,9-10,16H2,1-2H3. The van der Waals surface area contributed by atoms with Crippen LogP contribution < -0.4 is 5.73 Å². The lowest BCUT2D eigenvalue weighted by Crippen LogP contribution is -2.41. The second-order valence-electron chi connectivity index (χ2n) is 5.19. The van der Waals surface area contributed by atoms with Gasteiger partial charge in [-0.05, 0) is 38.0 Å². The zero-order chi connectivity index (χ0) is 14.0. The molecule has 1 amide bonds. The van der Waals surface area contributed by atoms with Crippen molar-refractivity contribution in [2.75, 3.05) is 19.6 Å². The SMILES string of the molecule is CCN(CC)C(=O)C1(CN)CC1c1ccc(O)cc1. The predicted octanol–water partition coefficient (Wildman–Crippen LogP) is 1.69. The fourth-order valence-corrected chi connectivity index (χ4v) is 2.82. The summed E-state index contributed by atoms with van der Waals surface area (Å²) in [5.74, 6) is 0.599. The summed E-state index contributed by atoms with van der Waals surface area (Å²) in [4.78, 5) is 14.4. The van der Waals surface area contributed by atoms with Crippen molar-refractivity contribution in [3.05, 3.63) is 29.8 Å². The first-order valence-corrected chi connectivity index (χ1v) is 6.87. The molecule has 1 aliphatic carbocycles. The Morgan fingerprint density at radius 1 is 1.37 bits per heavy atom. The molecule has 1 saturated carbocycles. The summed E-state index contributed by atoms with van der Waals surface area (Å²) in [5.41, 5.74) is 6.54. The number of nitrogens with zero attached hydrogens (tertiary/aromatic N) is 1. The second kappa shape index (κ2) is 5.21. The van der Waals surface area contributed by atoms with Crippen LogP contribution in [0, 0.1) is 5.41 Å². The zero-order valence-electron chi connectivity index (χ0n) is 11.6. The van der Waals surface area contributed by atoms with Gasteiger partial charge in [0.15, 0.2) is 0 Å². The number of benzene rings is 1. The lowest BCUT2D eigenvalue weighted by Gasteiger charge is -2.25. The third-order valence-electron chi connectivity index (χ3n) is 4.21. The zero-order valence-corrected chi connectivity index (χ0v) is 11.6. The molecule has 1 aromatic rings. The summed E-state index contributed by atoms with van der Waals surface area (Å²) in [5, 5.41) is 9.32. The molecule has 0 saturated heterocycles. The highest BCUT2D eigenvalue weighted by molar-refractivity contribution is 5.87. The van der Waals surface area contributed by atoms with Gasteiger partial charge in [0.05, 0.1) is 5.41 Å². The molecule has 19 heavy (non-hydrogen) atoms. The van der Waals surface area contributed by atoms with Crippen LogP contribution in [0.4, 0.5) is 0 Å². The lowest BCUT2D eigenvalue weighted by molar-refractivity contribution is -0.136. The normalized spacial score (nSPS) is 25.1. The van der Waals surface area contributed by atoms with Crippen molar-refractivity contribution in [3.8, 4) is 5.75 Å².